The minimum atomic E-state index is 0.159. The molecule has 1 atom stereocenters. The number of hydrogen-bond acceptors (Lipinski definition) is 4. The van der Waals surface area contributed by atoms with Crippen molar-refractivity contribution in [3.05, 3.63) is 78.5 Å². The number of rotatable bonds is 6. The van der Waals surface area contributed by atoms with Gasteiger partial charge in [-0.1, -0.05) is 30.3 Å². The average Bonchev–Trinajstić information content (AvgIpc) is 3.50. The largest absolute Gasteiger partial charge is 0.486 e. The molecule has 1 amide bonds. The molecule has 0 aliphatic carbocycles. The van der Waals surface area contributed by atoms with Gasteiger partial charge in [0.15, 0.2) is 11.5 Å². The summed E-state index contributed by atoms with van der Waals surface area (Å²) in [5.74, 6) is 1.77. The summed E-state index contributed by atoms with van der Waals surface area (Å²) < 4.78 is 13.7. The molecule has 2 aliphatic rings. The second-order valence-corrected chi connectivity index (χ2v) is 8.88. The summed E-state index contributed by atoms with van der Waals surface area (Å²) in [5, 5.41) is 7.65. The highest BCUT2D eigenvalue weighted by molar-refractivity contribution is 5.96. The van der Waals surface area contributed by atoms with Gasteiger partial charge < -0.3 is 24.7 Å². The Bertz CT molecular complexity index is 1340. The number of aromatic nitrogens is 1. The highest BCUT2D eigenvalue weighted by Gasteiger charge is 2.20. The summed E-state index contributed by atoms with van der Waals surface area (Å²) in [7, 11) is 0. The number of hydrogen-bond donors (Lipinski definition) is 2. The summed E-state index contributed by atoms with van der Waals surface area (Å²) in [5.41, 5.74) is 5.80. The Labute approximate surface area is 198 Å². The Kier molecular flexibility index (Phi) is 5.43. The molecule has 1 fully saturated rings. The maximum atomic E-state index is 11.3. The van der Waals surface area contributed by atoms with E-state index in [1.165, 1.54) is 16.5 Å². The first-order valence-electron chi connectivity index (χ1n) is 11.8. The number of ether oxygens (including phenoxy) is 2. The molecule has 34 heavy (non-hydrogen) atoms. The third-order valence-corrected chi connectivity index (χ3v) is 6.61. The number of benzene rings is 3. The number of carbonyl (C=O) groups is 1. The van der Waals surface area contributed by atoms with Gasteiger partial charge in [-0.2, -0.15) is 0 Å². The summed E-state index contributed by atoms with van der Waals surface area (Å²) in [6, 6.07) is 23.6. The first kappa shape index (κ1) is 20.8. The van der Waals surface area contributed by atoms with Gasteiger partial charge in [-0.15, -0.1) is 0 Å². The Morgan fingerprint density at radius 1 is 0.971 bits per heavy atom. The van der Waals surface area contributed by atoms with E-state index < -0.39 is 0 Å². The number of carbonyl (C=O) groups excluding carboxylic acids is 1. The molecule has 6 heteroatoms. The van der Waals surface area contributed by atoms with E-state index in [0.717, 1.165) is 47.8 Å². The first-order valence-corrected chi connectivity index (χ1v) is 11.8. The maximum Gasteiger partial charge on any atom is 0.220 e. The summed E-state index contributed by atoms with van der Waals surface area (Å²) >= 11 is 0. The molecule has 2 aliphatic heterocycles. The van der Waals surface area contributed by atoms with Gasteiger partial charge in [0.1, 0.15) is 13.2 Å². The second kappa shape index (κ2) is 8.88. The van der Waals surface area contributed by atoms with Crippen LogP contribution in [0.15, 0.2) is 72.9 Å². The van der Waals surface area contributed by atoms with Gasteiger partial charge in [-0.05, 0) is 59.5 Å². The molecule has 0 saturated carbocycles. The third-order valence-electron chi connectivity index (χ3n) is 6.61. The normalized spacial score (nSPS) is 17.2. The molecule has 0 spiro atoms. The molecular formula is C28H27N3O3. The van der Waals surface area contributed by atoms with Crippen LogP contribution in [0.25, 0.3) is 27.7 Å². The molecule has 2 N–H and O–H groups in total. The molecule has 0 radical (unpaired) electrons. The van der Waals surface area contributed by atoms with Crippen LogP contribution in [0.1, 0.15) is 18.4 Å². The molecule has 0 bridgehead atoms. The van der Waals surface area contributed by atoms with Gasteiger partial charge in [-0.3, -0.25) is 4.79 Å². The lowest BCUT2D eigenvalue weighted by Crippen LogP contribution is -2.35. The van der Waals surface area contributed by atoms with Crippen LogP contribution < -0.4 is 20.1 Å². The molecule has 3 aromatic carbocycles. The Morgan fingerprint density at radius 3 is 2.65 bits per heavy atom. The average molecular weight is 454 g/mol. The summed E-state index contributed by atoms with van der Waals surface area (Å²) in [4.78, 5) is 11.3. The van der Waals surface area contributed by atoms with Gasteiger partial charge in [0.05, 0.1) is 5.52 Å². The van der Waals surface area contributed by atoms with E-state index >= 15 is 0 Å². The van der Waals surface area contributed by atoms with Crippen molar-refractivity contribution in [2.45, 2.75) is 25.4 Å². The van der Waals surface area contributed by atoms with Crippen LogP contribution in [-0.4, -0.2) is 36.3 Å². The molecular weight excluding hydrogens is 426 g/mol. The van der Waals surface area contributed by atoms with E-state index in [9.17, 15) is 4.79 Å². The molecule has 3 heterocycles. The van der Waals surface area contributed by atoms with Gasteiger partial charge in [0.2, 0.25) is 5.91 Å². The van der Waals surface area contributed by atoms with Crippen LogP contribution in [0.5, 0.6) is 11.5 Å². The number of fused-ring (bicyclic) bond motifs is 2. The molecule has 1 saturated heterocycles. The third kappa shape index (κ3) is 4.01. The van der Waals surface area contributed by atoms with Crippen LogP contribution in [0, 0.1) is 0 Å². The number of amides is 1. The van der Waals surface area contributed by atoms with E-state index in [1.807, 2.05) is 6.07 Å². The molecule has 6 rings (SSSR count). The lowest BCUT2D eigenvalue weighted by Gasteiger charge is -2.19. The van der Waals surface area contributed by atoms with Gasteiger partial charge >= 0.3 is 0 Å². The molecule has 4 aromatic rings. The number of nitrogens with one attached hydrogen (secondary N) is 2. The van der Waals surface area contributed by atoms with E-state index in [-0.39, 0.29) is 11.9 Å². The standard InChI is InChI=1S/C28H27N3O3/c32-28-11-7-21(30-28)18-29-17-19-4-8-22(9-5-19)31-13-12-24-23(2-1-3-25(24)31)20-6-10-26-27(16-20)34-15-14-33-26/h1-6,8-10,12-13,16,21,29H,7,11,14-15,17-18H2,(H,30,32)/t21-/m0/s1. The van der Waals surface area contributed by atoms with Gasteiger partial charge in [0.25, 0.3) is 0 Å². The minimum Gasteiger partial charge on any atom is -0.486 e. The molecule has 1 aromatic heterocycles. The Balaban J connectivity index is 1.21. The molecule has 6 nitrogen and oxygen atoms in total. The Hall–Kier alpha value is -3.77. The highest BCUT2D eigenvalue weighted by atomic mass is 16.6. The van der Waals surface area contributed by atoms with Crippen LogP contribution in [0.3, 0.4) is 0 Å². The monoisotopic (exact) mass is 453 g/mol. The summed E-state index contributed by atoms with van der Waals surface area (Å²) in [6.45, 7) is 2.77. The van der Waals surface area contributed by atoms with Crippen molar-refractivity contribution in [2.24, 2.45) is 0 Å². The quantitative estimate of drug-likeness (QED) is 0.453. The van der Waals surface area contributed by atoms with E-state index in [4.69, 9.17) is 9.47 Å². The predicted molar refractivity (Wildman–Crippen MR) is 133 cm³/mol. The zero-order chi connectivity index (χ0) is 22.9. The lowest BCUT2D eigenvalue weighted by molar-refractivity contribution is -0.119. The van der Waals surface area contributed by atoms with E-state index in [1.54, 1.807) is 0 Å². The molecule has 0 unspecified atom stereocenters. The van der Waals surface area contributed by atoms with Crippen LogP contribution in [0.4, 0.5) is 0 Å². The number of nitrogens with zero attached hydrogens (tertiary/aromatic N) is 1. The fourth-order valence-corrected chi connectivity index (χ4v) is 4.85. The Morgan fingerprint density at radius 2 is 1.82 bits per heavy atom. The predicted octanol–water partition coefficient (Wildman–Crippen LogP) is 4.44. The molecule has 172 valence electrons. The van der Waals surface area contributed by atoms with Crippen molar-refractivity contribution in [1.82, 2.24) is 15.2 Å². The minimum absolute atomic E-state index is 0.159. The zero-order valence-electron chi connectivity index (χ0n) is 18.9. The second-order valence-electron chi connectivity index (χ2n) is 8.88. The highest BCUT2D eigenvalue weighted by Crippen LogP contribution is 2.37. The fraction of sp³-hybridized carbons (Fsp3) is 0.250. The van der Waals surface area contributed by atoms with E-state index in [2.05, 4.69) is 82.1 Å². The van der Waals surface area contributed by atoms with Crippen molar-refractivity contribution in [2.75, 3.05) is 19.8 Å². The van der Waals surface area contributed by atoms with Crippen molar-refractivity contribution in [3.8, 4) is 28.3 Å². The van der Waals surface area contributed by atoms with Gasteiger partial charge in [0, 0.05) is 42.8 Å². The van der Waals surface area contributed by atoms with Crippen molar-refractivity contribution in [1.29, 1.82) is 0 Å². The SMILES string of the molecule is O=C1CC[C@@H](CNCc2ccc(-n3ccc4c(-c5ccc6c(c5)OCCO6)cccc43)cc2)N1. The van der Waals surface area contributed by atoms with Crippen LogP contribution >= 0.6 is 0 Å². The summed E-state index contributed by atoms with van der Waals surface area (Å²) in [6.07, 6.45) is 3.68. The van der Waals surface area contributed by atoms with Gasteiger partial charge in [-0.25, -0.2) is 0 Å². The first-order chi connectivity index (χ1) is 16.7. The fourth-order valence-electron chi connectivity index (χ4n) is 4.85. The van der Waals surface area contributed by atoms with Crippen molar-refractivity contribution in [3.63, 3.8) is 0 Å². The topological polar surface area (TPSA) is 64.5 Å². The van der Waals surface area contributed by atoms with Crippen LogP contribution in [0.2, 0.25) is 0 Å². The smallest absolute Gasteiger partial charge is 0.220 e. The zero-order valence-corrected chi connectivity index (χ0v) is 18.9. The van der Waals surface area contributed by atoms with Crippen LogP contribution in [-0.2, 0) is 11.3 Å². The lowest BCUT2D eigenvalue weighted by atomic mass is 10.0. The maximum absolute atomic E-state index is 11.3. The van der Waals surface area contributed by atoms with E-state index in [0.29, 0.717) is 19.6 Å². The van der Waals surface area contributed by atoms with Crippen molar-refractivity contribution >= 4 is 16.8 Å². The van der Waals surface area contributed by atoms with Crippen molar-refractivity contribution < 1.29 is 14.3 Å².